The fraction of sp³-hybridized carbons (Fsp3) is 0.150. The molecule has 2 aromatic heterocycles. The molecule has 0 saturated heterocycles. The Morgan fingerprint density at radius 2 is 2.06 bits per heavy atom. The topological polar surface area (TPSA) is 135 Å². The van der Waals surface area contributed by atoms with Crippen molar-refractivity contribution in [3.05, 3.63) is 56.5 Å². The van der Waals surface area contributed by atoms with Crippen molar-refractivity contribution in [1.82, 2.24) is 19.6 Å². The van der Waals surface area contributed by atoms with Crippen molar-refractivity contribution >= 4 is 56.6 Å². The molecule has 1 N–H and O–H groups in total. The van der Waals surface area contributed by atoms with Gasteiger partial charge in [0.15, 0.2) is 22.5 Å². The number of aryl methyl sites for hydroxylation is 1. The molecule has 0 radical (unpaired) electrons. The minimum absolute atomic E-state index is 0.0448. The fourth-order valence-electron chi connectivity index (χ4n) is 3.17. The van der Waals surface area contributed by atoms with Gasteiger partial charge in [0.05, 0.1) is 23.9 Å². The Hall–Kier alpha value is -3.84. The number of hydrogen-bond donors (Lipinski definition) is 1. The molecule has 0 fully saturated rings. The predicted molar refractivity (Wildman–Crippen MR) is 125 cm³/mol. The number of carbonyl (C=O) groups is 1. The number of hydrazone groups is 1. The molecule has 0 atom stereocenters. The zero-order valence-corrected chi connectivity index (χ0v) is 18.9. The van der Waals surface area contributed by atoms with E-state index in [1.165, 1.54) is 51.3 Å². The van der Waals surface area contributed by atoms with Gasteiger partial charge in [0, 0.05) is 6.07 Å². The molecule has 166 valence electrons. The average Bonchev–Trinajstić information content (AvgIpc) is 3.41. The van der Waals surface area contributed by atoms with Gasteiger partial charge in [-0.2, -0.15) is 24.7 Å². The molecule has 5 rings (SSSR count). The van der Waals surface area contributed by atoms with Gasteiger partial charge < -0.3 is 9.47 Å². The summed E-state index contributed by atoms with van der Waals surface area (Å²) >= 11 is 2.51. The third-order valence-electron chi connectivity index (χ3n) is 4.67. The summed E-state index contributed by atoms with van der Waals surface area (Å²) < 4.78 is 12.5. The number of ether oxygens (including phenoxy) is 2. The van der Waals surface area contributed by atoms with E-state index in [4.69, 9.17) is 14.9 Å². The third kappa shape index (κ3) is 3.91. The highest BCUT2D eigenvalue weighted by Gasteiger charge is 2.32. The van der Waals surface area contributed by atoms with Crippen LogP contribution in [-0.4, -0.2) is 49.2 Å². The fourth-order valence-corrected chi connectivity index (χ4v) is 4.55. The summed E-state index contributed by atoms with van der Waals surface area (Å²) in [5.41, 5.74) is 2.46. The lowest BCUT2D eigenvalue weighted by Crippen LogP contribution is -2.35. The first-order chi connectivity index (χ1) is 15.9. The highest BCUT2D eigenvalue weighted by molar-refractivity contribution is 8.25. The number of thioether (sulfide) groups is 1. The second-order valence-corrected chi connectivity index (χ2v) is 8.83. The van der Waals surface area contributed by atoms with Crippen LogP contribution in [0.1, 0.15) is 16.3 Å². The minimum Gasteiger partial charge on any atom is -0.493 e. The molecule has 0 spiro atoms. The number of carbonyl (C=O) groups excluding carboxylic acids is 1. The number of methoxy groups -OCH3 is 1. The van der Waals surface area contributed by atoms with Crippen LogP contribution in [0.2, 0.25) is 0 Å². The summed E-state index contributed by atoms with van der Waals surface area (Å²) in [7, 11) is 1.50. The van der Waals surface area contributed by atoms with Crippen LogP contribution in [0.4, 0.5) is 0 Å². The standard InChI is InChI=1S/C20H15N7O4S2/c1-10-25-26-16(28)7-12(23-20(26)33-10)8-31-14-4-3-11(6-15(14)30-2)5-13-17(21)27-19(24-18(13)29)32-9-22-27/h3-7,9,21H,8H2,1-2H3/b13-5+,21-17?. The molecular formula is C20H15N7O4S2. The van der Waals surface area contributed by atoms with Gasteiger partial charge in [0.2, 0.25) is 4.96 Å². The molecular weight excluding hydrogens is 466 g/mol. The van der Waals surface area contributed by atoms with Crippen LogP contribution in [0.5, 0.6) is 11.5 Å². The lowest BCUT2D eigenvalue weighted by molar-refractivity contribution is -0.114. The molecule has 33 heavy (non-hydrogen) atoms. The van der Waals surface area contributed by atoms with Crippen molar-refractivity contribution in [3.63, 3.8) is 0 Å². The van der Waals surface area contributed by atoms with Crippen LogP contribution < -0.4 is 15.0 Å². The summed E-state index contributed by atoms with van der Waals surface area (Å²) in [6.07, 6.45) is 1.55. The Morgan fingerprint density at radius 1 is 1.21 bits per heavy atom. The predicted octanol–water partition coefficient (Wildman–Crippen LogP) is 2.30. The van der Waals surface area contributed by atoms with Crippen LogP contribution in [0, 0.1) is 12.3 Å². The Kier molecular flexibility index (Phi) is 5.26. The maximum absolute atomic E-state index is 12.4. The first-order valence-corrected chi connectivity index (χ1v) is 11.2. The first kappa shape index (κ1) is 21.0. The zero-order valence-electron chi connectivity index (χ0n) is 17.3. The normalized spacial score (nSPS) is 16.5. The summed E-state index contributed by atoms with van der Waals surface area (Å²) in [5, 5.41) is 18.8. The van der Waals surface area contributed by atoms with Gasteiger partial charge in [-0.15, -0.1) is 0 Å². The van der Waals surface area contributed by atoms with Crippen molar-refractivity contribution in [2.45, 2.75) is 13.5 Å². The summed E-state index contributed by atoms with van der Waals surface area (Å²) in [5.74, 6) is 0.309. The molecule has 1 amide bonds. The summed E-state index contributed by atoms with van der Waals surface area (Å²) in [4.78, 5) is 33.5. The largest absolute Gasteiger partial charge is 0.493 e. The molecule has 13 heteroatoms. The number of hydrogen-bond acceptors (Lipinski definition) is 10. The highest BCUT2D eigenvalue weighted by Crippen LogP contribution is 2.31. The van der Waals surface area contributed by atoms with Gasteiger partial charge in [0.1, 0.15) is 11.6 Å². The van der Waals surface area contributed by atoms with Gasteiger partial charge in [0.25, 0.3) is 11.5 Å². The smallest absolute Gasteiger partial charge is 0.283 e. The van der Waals surface area contributed by atoms with Crippen molar-refractivity contribution in [2.75, 3.05) is 7.11 Å². The van der Waals surface area contributed by atoms with Crippen LogP contribution >= 0.6 is 23.1 Å². The molecule has 0 aliphatic carbocycles. The molecule has 11 nitrogen and oxygen atoms in total. The molecule has 3 aromatic rings. The zero-order chi connectivity index (χ0) is 23.1. The number of aliphatic imine (C=N–C) groups is 1. The molecule has 0 bridgehead atoms. The van der Waals surface area contributed by atoms with Crippen molar-refractivity contribution < 1.29 is 14.3 Å². The lowest BCUT2D eigenvalue weighted by atomic mass is 10.1. The Balaban J connectivity index is 1.38. The number of nitrogens with one attached hydrogen (secondary N) is 1. The monoisotopic (exact) mass is 481 g/mol. The molecule has 4 heterocycles. The van der Waals surface area contributed by atoms with E-state index in [9.17, 15) is 9.59 Å². The number of benzene rings is 1. The number of amides is 1. The van der Waals surface area contributed by atoms with Crippen LogP contribution in [-0.2, 0) is 11.4 Å². The van der Waals surface area contributed by atoms with Gasteiger partial charge in [-0.1, -0.05) is 17.4 Å². The van der Waals surface area contributed by atoms with Crippen molar-refractivity contribution in [1.29, 1.82) is 5.41 Å². The Labute approximate surface area is 194 Å². The first-order valence-electron chi connectivity index (χ1n) is 9.53. The SMILES string of the molecule is COc1cc(/C=C2\C(=N)N3N=CSC3=NC2=O)ccc1OCc1cc(=O)n2nc(C)sc2n1. The van der Waals surface area contributed by atoms with E-state index in [1.54, 1.807) is 24.3 Å². The number of aromatic nitrogens is 3. The van der Waals surface area contributed by atoms with E-state index in [0.717, 1.165) is 5.01 Å². The van der Waals surface area contributed by atoms with Crippen LogP contribution in [0.25, 0.3) is 11.0 Å². The van der Waals surface area contributed by atoms with E-state index in [-0.39, 0.29) is 23.6 Å². The lowest BCUT2D eigenvalue weighted by Gasteiger charge is -2.20. The Bertz CT molecular complexity index is 1470. The van der Waals surface area contributed by atoms with Crippen LogP contribution in [0.15, 0.2) is 44.7 Å². The van der Waals surface area contributed by atoms with Crippen LogP contribution in [0.3, 0.4) is 0 Å². The van der Waals surface area contributed by atoms with Gasteiger partial charge >= 0.3 is 0 Å². The molecule has 0 saturated carbocycles. The van der Waals surface area contributed by atoms with E-state index in [1.807, 2.05) is 6.92 Å². The maximum atomic E-state index is 12.4. The second kappa shape index (κ2) is 8.26. The third-order valence-corrected chi connectivity index (χ3v) is 6.17. The highest BCUT2D eigenvalue weighted by atomic mass is 32.2. The minimum atomic E-state index is -0.505. The maximum Gasteiger partial charge on any atom is 0.283 e. The van der Waals surface area contributed by atoms with E-state index >= 15 is 0 Å². The molecule has 2 aliphatic rings. The van der Waals surface area contributed by atoms with E-state index in [0.29, 0.717) is 32.9 Å². The summed E-state index contributed by atoms with van der Waals surface area (Å²) in [6.45, 7) is 1.87. The second-order valence-electron chi connectivity index (χ2n) is 6.86. The molecule has 2 aliphatic heterocycles. The average molecular weight is 482 g/mol. The van der Waals surface area contributed by atoms with E-state index in [2.05, 4.69) is 20.2 Å². The molecule has 1 aromatic carbocycles. The van der Waals surface area contributed by atoms with Gasteiger partial charge in [-0.3, -0.25) is 15.0 Å². The number of nitrogens with zero attached hydrogens (tertiary/aromatic N) is 6. The van der Waals surface area contributed by atoms with Crippen molar-refractivity contribution in [3.8, 4) is 11.5 Å². The quantitative estimate of drug-likeness (QED) is 0.549. The van der Waals surface area contributed by atoms with Gasteiger partial charge in [-0.05, 0) is 42.5 Å². The van der Waals surface area contributed by atoms with E-state index < -0.39 is 5.91 Å². The van der Waals surface area contributed by atoms with Crippen molar-refractivity contribution in [2.24, 2.45) is 10.1 Å². The Morgan fingerprint density at radius 3 is 2.88 bits per heavy atom. The molecule has 0 unspecified atom stereocenters. The number of fused-ring (bicyclic) bond motifs is 2. The number of amidine groups is 2. The number of rotatable bonds is 5. The summed E-state index contributed by atoms with van der Waals surface area (Å²) in [6, 6.07) is 6.47. The van der Waals surface area contributed by atoms with Gasteiger partial charge in [-0.25, -0.2) is 4.98 Å².